The molecule has 2 aliphatic rings. The van der Waals surface area contributed by atoms with Crippen LogP contribution in [0.4, 0.5) is 9.18 Å². The third-order valence-corrected chi connectivity index (χ3v) is 6.58. The molecule has 0 spiro atoms. The normalized spacial score (nSPS) is 18.1. The molecule has 2 aromatic rings. The van der Waals surface area contributed by atoms with E-state index in [4.69, 9.17) is 9.47 Å². The Morgan fingerprint density at radius 3 is 2.60 bits per heavy atom. The van der Waals surface area contributed by atoms with E-state index in [1.807, 2.05) is 6.92 Å². The van der Waals surface area contributed by atoms with Crippen molar-refractivity contribution in [3.05, 3.63) is 63.4 Å². The standard InChI is InChI=1S/C26H26BrFN2O5/c1-2-34-22-14-17(13-21(27)23(22)35-15-16-7-6-8-18(28)11-16)12-20-24(31)29-26(33)30(25(20)32)19-9-4-3-5-10-19/h6-8,11-14,19H,2-5,9-10,15H2,1H3,(H,29,31,33). The minimum Gasteiger partial charge on any atom is -0.490 e. The van der Waals surface area contributed by atoms with Crippen molar-refractivity contribution in [2.45, 2.75) is 51.7 Å². The van der Waals surface area contributed by atoms with Crippen LogP contribution in [0.5, 0.6) is 11.5 Å². The number of hydrogen-bond acceptors (Lipinski definition) is 5. The molecule has 7 nitrogen and oxygen atoms in total. The molecule has 0 aromatic heterocycles. The largest absolute Gasteiger partial charge is 0.490 e. The van der Waals surface area contributed by atoms with Crippen LogP contribution in [-0.2, 0) is 16.2 Å². The third kappa shape index (κ3) is 5.73. The number of hydrogen-bond donors (Lipinski definition) is 1. The Hall–Kier alpha value is -3.20. The van der Waals surface area contributed by atoms with Crippen molar-refractivity contribution in [1.82, 2.24) is 10.2 Å². The number of carbonyl (C=O) groups is 3. The number of nitrogens with one attached hydrogen (secondary N) is 1. The molecule has 0 radical (unpaired) electrons. The number of nitrogens with zero attached hydrogens (tertiary/aromatic N) is 1. The van der Waals surface area contributed by atoms with Gasteiger partial charge in [-0.1, -0.05) is 31.4 Å². The molecule has 35 heavy (non-hydrogen) atoms. The van der Waals surface area contributed by atoms with Crippen LogP contribution in [0.3, 0.4) is 0 Å². The summed E-state index contributed by atoms with van der Waals surface area (Å²) >= 11 is 3.48. The maximum Gasteiger partial charge on any atom is 0.331 e. The molecule has 0 atom stereocenters. The molecule has 1 saturated heterocycles. The Balaban J connectivity index is 1.62. The Bertz CT molecular complexity index is 1180. The van der Waals surface area contributed by atoms with E-state index in [9.17, 15) is 18.8 Å². The summed E-state index contributed by atoms with van der Waals surface area (Å²) in [6, 6.07) is 8.58. The molecule has 1 aliphatic heterocycles. The summed E-state index contributed by atoms with van der Waals surface area (Å²) in [7, 11) is 0. The second-order valence-corrected chi connectivity index (χ2v) is 9.32. The van der Waals surface area contributed by atoms with E-state index in [1.54, 1.807) is 24.3 Å². The van der Waals surface area contributed by atoms with Crippen LogP contribution in [0.2, 0.25) is 0 Å². The lowest BCUT2D eigenvalue weighted by atomic mass is 9.93. The number of carbonyl (C=O) groups excluding carboxylic acids is 3. The lowest BCUT2D eigenvalue weighted by molar-refractivity contribution is -0.132. The highest BCUT2D eigenvalue weighted by Crippen LogP contribution is 2.38. The molecule has 4 amide bonds. The van der Waals surface area contributed by atoms with Gasteiger partial charge in [0.05, 0.1) is 11.1 Å². The lowest BCUT2D eigenvalue weighted by Gasteiger charge is -2.35. The smallest absolute Gasteiger partial charge is 0.331 e. The SMILES string of the molecule is CCOc1cc(C=C2C(=O)NC(=O)N(C3CCCCC3)C2=O)cc(Br)c1OCc1cccc(F)c1. The van der Waals surface area contributed by atoms with E-state index >= 15 is 0 Å². The van der Waals surface area contributed by atoms with Gasteiger partial charge in [-0.25, -0.2) is 9.18 Å². The number of benzene rings is 2. The van der Waals surface area contributed by atoms with Gasteiger partial charge in [0.15, 0.2) is 11.5 Å². The summed E-state index contributed by atoms with van der Waals surface area (Å²) in [6.07, 6.45) is 5.87. The average molecular weight is 545 g/mol. The molecule has 184 valence electrons. The Morgan fingerprint density at radius 1 is 1.11 bits per heavy atom. The van der Waals surface area contributed by atoms with Gasteiger partial charge in [-0.05, 0) is 77.2 Å². The van der Waals surface area contributed by atoms with Gasteiger partial charge < -0.3 is 9.47 Å². The minimum absolute atomic E-state index is 0.113. The first kappa shape index (κ1) is 24.9. The van der Waals surface area contributed by atoms with E-state index in [0.29, 0.717) is 33.7 Å². The predicted molar refractivity (Wildman–Crippen MR) is 131 cm³/mol. The first-order valence-electron chi connectivity index (χ1n) is 11.6. The van der Waals surface area contributed by atoms with Crippen molar-refractivity contribution in [1.29, 1.82) is 0 Å². The average Bonchev–Trinajstić information content (AvgIpc) is 2.82. The van der Waals surface area contributed by atoms with E-state index < -0.39 is 17.8 Å². The van der Waals surface area contributed by atoms with Crippen molar-refractivity contribution in [3.8, 4) is 11.5 Å². The van der Waals surface area contributed by atoms with Crippen LogP contribution in [0.1, 0.15) is 50.2 Å². The minimum atomic E-state index is -0.729. The predicted octanol–water partition coefficient (Wildman–Crippen LogP) is 5.36. The number of imide groups is 2. The van der Waals surface area contributed by atoms with E-state index in [1.165, 1.54) is 23.1 Å². The molecule has 2 aromatic carbocycles. The fourth-order valence-corrected chi connectivity index (χ4v) is 4.94. The molecule has 2 fully saturated rings. The van der Waals surface area contributed by atoms with Gasteiger partial charge in [-0.3, -0.25) is 19.8 Å². The molecule has 1 N–H and O–H groups in total. The maximum absolute atomic E-state index is 13.5. The monoisotopic (exact) mass is 544 g/mol. The van der Waals surface area contributed by atoms with Crippen molar-refractivity contribution < 1.29 is 28.2 Å². The second kappa shape index (κ2) is 11.0. The Morgan fingerprint density at radius 2 is 1.89 bits per heavy atom. The second-order valence-electron chi connectivity index (χ2n) is 8.47. The first-order valence-corrected chi connectivity index (χ1v) is 12.4. The molecular formula is C26H26BrFN2O5. The molecule has 1 heterocycles. The molecule has 9 heteroatoms. The van der Waals surface area contributed by atoms with Crippen molar-refractivity contribution in [2.75, 3.05) is 6.61 Å². The third-order valence-electron chi connectivity index (χ3n) is 5.99. The zero-order chi connectivity index (χ0) is 24.9. The quantitative estimate of drug-likeness (QED) is 0.374. The van der Waals surface area contributed by atoms with Gasteiger partial charge in [-0.2, -0.15) is 0 Å². The highest BCUT2D eigenvalue weighted by atomic mass is 79.9. The van der Waals surface area contributed by atoms with Gasteiger partial charge in [0.2, 0.25) is 0 Å². The molecule has 0 unspecified atom stereocenters. The summed E-state index contributed by atoms with van der Waals surface area (Å²) in [4.78, 5) is 39.3. The highest BCUT2D eigenvalue weighted by Gasteiger charge is 2.40. The summed E-state index contributed by atoms with van der Waals surface area (Å²) in [5.74, 6) is -0.863. The topological polar surface area (TPSA) is 84.9 Å². The molecule has 1 aliphatic carbocycles. The van der Waals surface area contributed by atoms with Gasteiger partial charge in [-0.15, -0.1) is 0 Å². The summed E-state index contributed by atoms with van der Waals surface area (Å²) in [6.45, 7) is 2.30. The van der Waals surface area contributed by atoms with Gasteiger partial charge >= 0.3 is 6.03 Å². The van der Waals surface area contributed by atoms with E-state index in [2.05, 4.69) is 21.2 Å². The van der Waals surface area contributed by atoms with Crippen molar-refractivity contribution in [2.24, 2.45) is 0 Å². The van der Waals surface area contributed by atoms with Gasteiger partial charge in [0.1, 0.15) is 18.0 Å². The molecule has 4 rings (SSSR count). The van der Waals surface area contributed by atoms with Crippen LogP contribution in [0.25, 0.3) is 6.08 Å². The number of rotatable bonds is 7. The summed E-state index contributed by atoms with van der Waals surface area (Å²) in [5.41, 5.74) is 1.07. The van der Waals surface area contributed by atoms with Crippen LogP contribution in [0.15, 0.2) is 46.4 Å². The Kier molecular flexibility index (Phi) is 7.85. The fraction of sp³-hybridized carbons (Fsp3) is 0.346. The van der Waals surface area contributed by atoms with Crippen molar-refractivity contribution >= 4 is 39.9 Å². The Labute approximate surface area is 211 Å². The lowest BCUT2D eigenvalue weighted by Crippen LogP contribution is -2.58. The fourth-order valence-electron chi connectivity index (χ4n) is 4.37. The molecule has 1 saturated carbocycles. The van der Waals surface area contributed by atoms with E-state index in [-0.39, 0.29) is 24.0 Å². The van der Waals surface area contributed by atoms with Crippen LogP contribution in [-0.4, -0.2) is 35.4 Å². The van der Waals surface area contributed by atoms with Crippen LogP contribution < -0.4 is 14.8 Å². The van der Waals surface area contributed by atoms with Crippen LogP contribution >= 0.6 is 15.9 Å². The summed E-state index contributed by atoms with van der Waals surface area (Å²) < 4.78 is 25.7. The highest BCUT2D eigenvalue weighted by molar-refractivity contribution is 9.10. The maximum atomic E-state index is 13.5. The summed E-state index contributed by atoms with van der Waals surface area (Å²) in [5, 5.41) is 2.30. The number of halogens is 2. The van der Waals surface area contributed by atoms with Crippen molar-refractivity contribution in [3.63, 3.8) is 0 Å². The van der Waals surface area contributed by atoms with Gasteiger partial charge in [0.25, 0.3) is 11.8 Å². The van der Waals surface area contributed by atoms with E-state index in [0.717, 1.165) is 32.1 Å². The zero-order valence-electron chi connectivity index (χ0n) is 19.3. The number of urea groups is 1. The molecule has 0 bridgehead atoms. The first-order chi connectivity index (χ1) is 16.9. The number of ether oxygens (including phenoxy) is 2. The molecular weight excluding hydrogens is 519 g/mol. The van der Waals surface area contributed by atoms with Crippen LogP contribution in [0, 0.1) is 5.82 Å². The number of amides is 4. The number of barbiturate groups is 1. The zero-order valence-corrected chi connectivity index (χ0v) is 20.9. The van der Waals surface area contributed by atoms with Gasteiger partial charge in [0, 0.05) is 6.04 Å².